The first-order chi connectivity index (χ1) is 9.08. The maximum Gasteiger partial charge on any atom is 0.338 e. The maximum atomic E-state index is 11.5. The molecule has 0 aliphatic carbocycles. The molecule has 1 aromatic heterocycles. The second kappa shape index (κ2) is 5.98. The minimum absolute atomic E-state index is 0.290. The first-order valence-electron chi connectivity index (χ1n) is 5.96. The van der Waals surface area contributed by atoms with Crippen molar-refractivity contribution in [1.82, 2.24) is 0 Å². The number of hydrogen-bond acceptors (Lipinski definition) is 7. The zero-order valence-corrected chi connectivity index (χ0v) is 11.2. The third-order valence-corrected chi connectivity index (χ3v) is 3.95. The largest absolute Gasteiger partial charge is 0.462 e. The van der Waals surface area contributed by atoms with E-state index in [1.165, 1.54) is 11.3 Å². The molecule has 106 valence electrons. The number of aliphatic hydroxyl groups is 3. The fraction of sp³-hybridized carbons (Fsp3) is 0.583. The van der Waals surface area contributed by atoms with Crippen LogP contribution in [0.1, 0.15) is 28.3 Å². The summed E-state index contributed by atoms with van der Waals surface area (Å²) in [6.07, 6.45) is -3.80. The van der Waals surface area contributed by atoms with Gasteiger partial charge in [0, 0.05) is 10.3 Å². The van der Waals surface area contributed by atoms with Crippen LogP contribution in [0.15, 0.2) is 11.4 Å². The van der Waals surface area contributed by atoms with E-state index in [4.69, 9.17) is 14.6 Å². The average Bonchev–Trinajstić information content (AvgIpc) is 2.97. The summed E-state index contributed by atoms with van der Waals surface area (Å²) < 4.78 is 10.3. The lowest BCUT2D eigenvalue weighted by atomic mass is 10.1. The molecule has 19 heavy (non-hydrogen) atoms. The number of carbonyl (C=O) groups is 1. The van der Waals surface area contributed by atoms with E-state index in [0.717, 1.165) is 0 Å². The quantitative estimate of drug-likeness (QED) is 0.679. The van der Waals surface area contributed by atoms with Gasteiger partial charge in [0.05, 0.1) is 18.8 Å². The number of aliphatic hydroxyl groups excluding tert-OH is 3. The Morgan fingerprint density at radius 2 is 2.21 bits per heavy atom. The number of hydrogen-bond donors (Lipinski definition) is 3. The summed E-state index contributed by atoms with van der Waals surface area (Å²) in [4.78, 5) is 12.1. The van der Waals surface area contributed by atoms with Gasteiger partial charge in [-0.25, -0.2) is 4.79 Å². The molecular formula is C12H16O6S. The van der Waals surface area contributed by atoms with E-state index >= 15 is 0 Å². The highest BCUT2D eigenvalue weighted by atomic mass is 32.1. The summed E-state index contributed by atoms with van der Waals surface area (Å²) in [7, 11) is 0. The lowest BCUT2D eigenvalue weighted by molar-refractivity contribution is -0.0218. The van der Waals surface area contributed by atoms with Crippen molar-refractivity contribution < 1.29 is 29.6 Å². The minimum Gasteiger partial charge on any atom is -0.462 e. The second-order valence-corrected chi connectivity index (χ2v) is 5.16. The normalized spacial score (nSPS) is 30.5. The van der Waals surface area contributed by atoms with Gasteiger partial charge in [-0.1, -0.05) is 0 Å². The lowest BCUT2D eigenvalue weighted by Gasteiger charge is -2.12. The Morgan fingerprint density at radius 3 is 2.79 bits per heavy atom. The van der Waals surface area contributed by atoms with Gasteiger partial charge in [-0.15, -0.1) is 11.3 Å². The fourth-order valence-corrected chi connectivity index (χ4v) is 2.91. The first-order valence-corrected chi connectivity index (χ1v) is 6.84. The number of carbonyl (C=O) groups excluding carboxylic acids is 1. The van der Waals surface area contributed by atoms with E-state index in [-0.39, 0.29) is 13.2 Å². The van der Waals surface area contributed by atoms with Gasteiger partial charge in [-0.05, 0) is 13.0 Å². The molecule has 0 spiro atoms. The van der Waals surface area contributed by atoms with E-state index in [2.05, 4.69) is 0 Å². The molecule has 6 nitrogen and oxygen atoms in total. The number of esters is 1. The van der Waals surface area contributed by atoms with Crippen LogP contribution in [0.2, 0.25) is 0 Å². The summed E-state index contributed by atoms with van der Waals surface area (Å²) in [6, 6.07) is 1.57. The van der Waals surface area contributed by atoms with Gasteiger partial charge < -0.3 is 24.8 Å². The van der Waals surface area contributed by atoms with Gasteiger partial charge in [-0.2, -0.15) is 0 Å². The van der Waals surface area contributed by atoms with Gasteiger partial charge in [0.25, 0.3) is 0 Å². The molecule has 1 fully saturated rings. The first kappa shape index (κ1) is 14.4. The summed E-state index contributed by atoms with van der Waals surface area (Å²) in [6.45, 7) is 1.64. The molecule has 4 atom stereocenters. The molecule has 0 aromatic carbocycles. The summed E-state index contributed by atoms with van der Waals surface area (Å²) >= 11 is 1.24. The van der Waals surface area contributed by atoms with Crippen LogP contribution in [0.5, 0.6) is 0 Å². The van der Waals surface area contributed by atoms with Crippen molar-refractivity contribution in [2.45, 2.75) is 31.3 Å². The van der Waals surface area contributed by atoms with E-state index < -0.39 is 30.4 Å². The Bertz CT molecular complexity index is 445. The fourth-order valence-electron chi connectivity index (χ4n) is 1.96. The van der Waals surface area contributed by atoms with Gasteiger partial charge in [0.1, 0.15) is 24.4 Å². The van der Waals surface area contributed by atoms with E-state index in [1.807, 2.05) is 0 Å². The third kappa shape index (κ3) is 2.80. The molecule has 2 rings (SSSR count). The predicted molar refractivity (Wildman–Crippen MR) is 67.0 cm³/mol. The average molecular weight is 288 g/mol. The molecule has 0 saturated carbocycles. The van der Waals surface area contributed by atoms with Gasteiger partial charge in [0.15, 0.2) is 0 Å². The van der Waals surface area contributed by atoms with Crippen molar-refractivity contribution in [2.75, 3.05) is 13.2 Å². The van der Waals surface area contributed by atoms with Crippen molar-refractivity contribution in [3.8, 4) is 0 Å². The summed E-state index contributed by atoms with van der Waals surface area (Å²) in [5.41, 5.74) is 0.389. The molecule has 1 saturated heterocycles. The topological polar surface area (TPSA) is 96.2 Å². The van der Waals surface area contributed by atoms with Gasteiger partial charge in [0.2, 0.25) is 0 Å². The Balaban J connectivity index is 2.13. The number of ether oxygens (including phenoxy) is 2. The standard InChI is InChI=1S/C12H16O6S/c1-2-17-12(16)6-3-8(19-5-6)11-10(15)9(14)7(4-13)18-11/h3,5,7,9-11,13-15H,2,4H2,1H3/t7-,9-,10-,11-/m1/s1. The van der Waals surface area contributed by atoms with Gasteiger partial charge >= 0.3 is 5.97 Å². The Hall–Kier alpha value is -0.990. The molecular weight excluding hydrogens is 272 g/mol. The van der Waals surface area contributed by atoms with Gasteiger partial charge in [-0.3, -0.25) is 0 Å². The highest BCUT2D eigenvalue weighted by Crippen LogP contribution is 2.36. The molecule has 0 bridgehead atoms. The number of rotatable bonds is 4. The van der Waals surface area contributed by atoms with Crippen LogP contribution in [0.4, 0.5) is 0 Å². The Kier molecular flexibility index (Phi) is 4.54. The Labute approximate surface area is 114 Å². The molecule has 3 N–H and O–H groups in total. The SMILES string of the molecule is CCOC(=O)c1csc([C@H]2O[C@H](CO)[C@@H](O)[C@H]2O)c1. The van der Waals surface area contributed by atoms with E-state index in [1.54, 1.807) is 18.4 Å². The van der Waals surface area contributed by atoms with E-state index in [0.29, 0.717) is 10.4 Å². The summed E-state index contributed by atoms with van der Waals surface area (Å²) in [5.74, 6) is -0.434. The predicted octanol–water partition coefficient (Wildman–Crippen LogP) is 0.0788. The minimum atomic E-state index is -1.14. The van der Waals surface area contributed by atoms with Crippen molar-refractivity contribution in [1.29, 1.82) is 0 Å². The molecule has 0 radical (unpaired) electrons. The van der Waals surface area contributed by atoms with Crippen LogP contribution in [-0.4, -0.2) is 52.8 Å². The smallest absolute Gasteiger partial charge is 0.338 e. The van der Waals surface area contributed by atoms with Crippen LogP contribution < -0.4 is 0 Å². The second-order valence-electron chi connectivity index (χ2n) is 4.22. The lowest BCUT2D eigenvalue weighted by Crippen LogP contribution is -2.32. The van der Waals surface area contributed by atoms with Crippen LogP contribution >= 0.6 is 11.3 Å². The zero-order chi connectivity index (χ0) is 14.0. The molecule has 7 heteroatoms. The van der Waals surface area contributed by atoms with Crippen molar-refractivity contribution in [2.24, 2.45) is 0 Å². The van der Waals surface area contributed by atoms with Crippen LogP contribution in [0.3, 0.4) is 0 Å². The highest BCUT2D eigenvalue weighted by Gasteiger charge is 2.43. The molecule has 1 aliphatic rings. The number of thiophene rings is 1. The van der Waals surface area contributed by atoms with Crippen molar-refractivity contribution in [3.05, 3.63) is 21.9 Å². The molecule has 1 aromatic rings. The van der Waals surface area contributed by atoms with Crippen molar-refractivity contribution in [3.63, 3.8) is 0 Å². The molecule has 0 unspecified atom stereocenters. The third-order valence-electron chi connectivity index (χ3n) is 2.95. The monoisotopic (exact) mass is 288 g/mol. The van der Waals surface area contributed by atoms with E-state index in [9.17, 15) is 15.0 Å². The summed E-state index contributed by atoms with van der Waals surface area (Å²) in [5, 5.41) is 30.2. The highest BCUT2D eigenvalue weighted by molar-refractivity contribution is 7.10. The van der Waals surface area contributed by atoms with Crippen molar-refractivity contribution >= 4 is 17.3 Å². The van der Waals surface area contributed by atoms with Crippen LogP contribution in [0.25, 0.3) is 0 Å². The molecule has 1 aliphatic heterocycles. The zero-order valence-electron chi connectivity index (χ0n) is 10.4. The molecule has 2 heterocycles. The molecule has 0 amide bonds. The van der Waals surface area contributed by atoms with Crippen LogP contribution in [0, 0.1) is 0 Å². The Morgan fingerprint density at radius 1 is 1.47 bits per heavy atom. The maximum absolute atomic E-state index is 11.5. The van der Waals surface area contributed by atoms with Crippen LogP contribution in [-0.2, 0) is 9.47 Å².